The number of ether oxygens (including phenoxy) is 2. The van der Waals surface area contributed by atoms with E-state index in [0.717, 1.165) is 30.3 Å². The number of nitro benzene ring substituents is 1. The highest BCUT2D eigenvalue weighted by Crippen LogP contribution is 2.36. The van der Waals surface area contributed by atoms with Crippen molar-refractivity contribution < 1.29 is 40.7 Å². The zero-order valence-electron chi connectivity index (χ0n) is 11.9. The highest BCUT2D eigenvalue weighted by Gasteiger charge is 2.34. The number of halogens is 6. The van der Waals surface area contributed by atoms with E-state index in [1.807, 2.05) is 0 Å². The number of benzene rings is 2. The third-order valence-electron chi connectivity index (χ3n) is 2.80. The Morgan fingerprint density at radius 2 is 1.32 bits per heavy atom. The molecular formula is C14H7F6NO4. The molecule has 0 aliphatic rings. The summed E-state index contributed by atoms with van der Waals surface area (Å²) >= 11 is 0. The SMILES string of the molecule is O=[N+]([O-])c1cc(-c2ccc(OC(F)(F)F)cc2)ccc1OC(F)(F)F. The number of rotatable bonds is 4. The van der Waals surface area contributed by atoms with Crippen molar-refractivity contribution in [1.29, 1.82) is 0 Å². The van der Waals surface area contributed by atoms with E-state index in [-0.39, 0.29) is 11.1 Å². The Morgan fingerprint density at radius 3 is 1.80 bits per heavy atom. The van der Waals surface area contributed by atoms with Gasteiger partial charge in [-0.3, -0.25) is 10.1 Å². The highest BCUT2D eigenvalue weighted by molar-refractivity contribution is 5.69. The van der Waals surface area contributed by atoms with Crippen molar-refractivity contribution in [3.63, 3.8) is 0 Å². The summed E-state index contributed by atoms with van der Waals surface area (Å²) in [5.41, 5.74) is -0.596. The van der Waals surface area contributed by atoms with Crippen LogP contribution in [0.4, 0.5) is 32.0 Å². The van der Waals surface area contributed by atoms with E-state index in [2.05, 4.69) is 9.47 Å². The minimum absolute atomic E-state index is 0.111. The van der Waals surface area contributed by atoms with E-state index in [9.17, 15) is 36.5 Å². The Morgan fingerprint density at radius 1 is 0.800 bits per heavy atom. The summed E-state index contributed by atoms with van der Waals surface area (Å²) in [5, 5.41) is 10.9. The molecule has 11 heteroatoms. The van der Waals surface area contributed by atoms with Gasteiger partial charge in [-0.15, -0.1) is 26.3 Å². The van der Waals surface area contributed by atoms with Crippen molar-refractivity contribution in [1.82, 2.24) is 0 Å². The fraction of sp³-hybridized carbons (Fsp3) is 0.143. The van der Waals surface area contributed by atoms with E-state index in [0.29, 0.717) is 0 Å². The number of alkyl halides is 6. The van der Waals surface area contributed by atoms with Gasteiger partial charge in [0.2, 0.25) is 5.75 Å². The molecule has 0 atom stereocenters. The summed E-state index contributed by atoms with van der Waals surface area (Å²) in [7, 11) is 0. The summed E-state index contributed by atoms with van der Waals surface area (Å²) < 4.78 is 80.2. The second kappa shape index (κ2) is 6.49. The molecule has 0 aliphatic carbocycles. The largest absolute Gasteiger partial charge is 0.573 e. The number of nitro groups is 1. The Hall–Kier alpha value is -2.98. The van der Waals surface area contributed by atoms with Crippen molar-refractivity contribution in [2.45, 2.75) is 12.7 Å². The maximum Gasteiger partial charge on any atom is 0.573 e. The number of nitrogens with zero attached hydrogens (tertiary/aromatic N) is 1. The predicted molar refractivity (Wildman–Crippen MR) is 71.9 cm³/mol. The predicted octanol–water partition coefficient (Wildman–Crippen LogP) is 5.06. The highest BCUT2D eigenvalue weighted by atomic mass is 19.4. The minimum Gasteiger partial charge on any atom is -0.406 e. The Balaban J connectivity index is 2.33. The van der Waals surface area contributed by atoms with Crippen LogP contribution in [-0.2, 0) is 0 Å². The number of hydrogen-bond donors (Lipinski definition) is 0. The van der Waals surface area contributed by atoms with Crippen LogP contribution in [0.3, 0.4) is 0 Å². The first-order chi connectivity index (χ1) is 11.4. The summed E-state index contributed by atoms with van der Waals surface area (Å²) in [6.45, 7) is 0. The molecule has 2 aromatic rings. The first-order valence-corrected chi connectivity index (χ1v) is 6.35. The van der Waals surface area contributed by atoms with Crippen molar-refractivity contribution in [3.05, 3.63) is 52.6 Å². The van der Waals surface area contributed by atoms with Crippen LogP contribution in [0, 0.1) is 10.1 Å². The van der Waals surface area contributed by atoms with E-state index < -0.39 is 34.8 Å². The molecule has 2 aromatic carbocycles. The molecule has 2 rings (SSSR count). The first-order valence-electron chi connectivity index (χ1n) is 6.35. The van der Waals surface area contributed by atoms with Gasteiger partial charge in [-0.1, -0.05) is 18.2 Å². The van der Waals surface area contributed by atoms with Crippen molar-refractivity contribution in [2.24, 2.45) is 0 Å². The minimum atomic E-state index is -5.11. The molecule has 0 N–H and O–H groups in total. The average Bonchev–Trinajstić information content (AvgIpc) is 2.45. The van der Waals surface area contributed by atoms with Crippen LogP contribution in [0.5, 0.6) is 11.5 Å². The van der Waals surface area contributed by atoms with Gasteiger partial charge < -0.3 is 9.47 Å². The van der Waals surface area contributed by atoms with E-state index in [1.165, 1.54) is 12.1 Å². The molecule has 0 amide bonds. The molecule has 134 valence electrons. The lowest BCUT2D eigenvalue weighted by molar-refractivity contribution is -0.388. The Labute approximate surface area is 135 Å². The van der Waals surface area contributed by atoms with Gasteiger partial charge in [-0.25, -0.2) is 0 Å². The second-order valence-corrected chi connectivity index (χ2v) is 4.56. The lowest BCUT2D eigenvalue weighted by Crippen LogP contribution is -2.18. The van der Waals surface area contributed by atoms with Gasteiger partial charge in [0.05, 0.1) is 4.92 Å². The Bertz CT molecular complexity index is 770. The van der Waals surface area contributed by atoms with E-state index >= 15 is 0 Å². The topological polar surface area (TPSA) is 61.6 Å². The molecule has 0 heterocycles. The van der Waals surface area contributed by atoms with Crippen LogP contribution in [0.25, 0.3) is 11.1 Å². The van der Waals surface area contributed by atoms with Gasteiger partial charge in [-0.05, 0) is 29.3 Å². The lowest BCUT2D eigenvalue weighted by atomic mass is 10.0. The zero-order valence-corrected chi connectivity index (χ0v) is 11.9. The van der Waals surface area contributed by atoms with Crippen molar-refractivity contribution in [2.75, 3.05) is 0 Å². The van der Waals surface area contributed by atoms with Gasteiger partial charge in [0.15, 0.2) is 0 Å². The lowest BCUT2D eigenvalue weighted by Gasteiger charge is -2.11. The summed E-state index contributed by atoms with van der Waals surface area (Å²) in [6, 6.07) is 6.95. The molecule has 0 spiro atoms. The summed E-state index contributed by atoms with van der Waals surface area (Å²) in [4.78, 5) is 9.85. The zero-order chi connectivity index (χ0) is 18.8. The van der Waals surface area contributed by atoms with Crippen LogP contribution < -0.4 is 9.47 Å². The molecule has 0 aromatic heterocycles. The normalized spacial score (nSPS) is 11.9. The van der Waals surface area contributed by atoms with Gasteiger partial charge in [-0.2, -0.15) is 0 Å². The molecule has 25 heavy (non-hydrogen) atoms. The molecule has 0 radical (unpaired) electrons. The van der Waals surface area contributed by atoms with E-state index in [4.69, 9.17) is 0 Å². The fourth-order valence-electron chi connectivity index (χ4n) is 1.90. The molecule has 5 nitrogen and oxygen atoms in total. The van der Waals surface area contributed by atoms with Crippen LogP contribution in [-0.4, -0.2) is 17.6 Å². The van der Waals surface area contributed by atoms with Crippen molar-refractivity contribution in [3.8, 4) is 22.6 Å². The summed E-state index contributed by atoms with van der Waals surface area (Å²) in [5.74, 6) is -1.51. The monoisotopic (exact) mass is 367 g/mol. The molecule has 0 saturated carbocycles. The third kappa shape index (κ3) is 5.26. The fourth-order valence-corrected chi connectivity index (χ4v) is 1.90. The third-order valence-corrected chi connectivity index (χ3v) is 2.80. The molecular weight excluding hydrogens is 360 g/mol. The van der Waals surface area contributed by atoms with Gasteiger partial charge >= 0.3 is 18.4 Å². The second-order valence-electron chi connectivity index (χ2n) is 4.56. The van der Waals surface area contributed by atoms with Crippen LogP contribution in [0.2, 0.25) is 0 Å². The molecule has 0 fully saturated rings. The maximum atomic E-state index is 12.2. The van der Waals surface area contributed by atoms with Crippen LogP contribution in [0.1, 0.15) is 0 Å². The maximum absolute atomic E-state index is 12.2. The van der Waals surface area contributed by atoms with Gasteiger partial charge in [0, 0.05) is 6.07 Å². The molecule has 0 unspecified atom stereocenters. The average molecular weight is 367 g/mol. The quantitative estimate of drug-likeness (QED) is 0.431. The van der Waals surface area contributed by atoms with Gasteiger partial charge in [0.25, 0.3) is 0 Å². The molecule has 0 bridgehead atoms. The molecule has 0 saturated heterocycles. The van der Waals surface area contributed by atoms with Crippen LogP contribution >= 0.6 is 0 Å². The first kappa shape index (κ1) is 18.4. The Kier molecular flexibility index (Phi) is 4.77. The van der Waals surface area contributed by atoms with Gasteiger partial charge in [0.1, 0.15) is 5.75 Å². The van der Waals surface area contributed by atoms with Crippen molar-refractivity contribution >= 4 is 5.69 Å². The van der Waals surface area contributed by atoms with Crippen LogP contribution in [0.15, 0.2) is 42.5 Å². The molecule has 0 aliphatic heterocycles. The summed E-state index contributed by atoms with van der Waals surface area (Å²) in [6.07, 6.45) is -9.99. The smallest absolute Gasteiger partial charge is 0.406 e. The standard InChI is InChI=1S/C14H7F6NO4/c15-13(16,17)24-10-4-1-8(2-5-10)9-3-6-12(25-14(18,19)20)11(7-9)21(22)23/h1-7H. The van der Waals surface area contributed by atoms with E-state index in [1.54, 1.807) is 0 Å². The number of hydrogen-bond acceptors (Lipinski definition) is 4.